The van der Waals surface area contributed by atoms with Crippen molar-refractivity contribution < 1.29 is 9.53 Å². The van der Waals surface area contributed by atoms with E-state index in [1.165, 1.54) is 6.92 Å². The Labute approximate surface area is 174 Å². The van der Waals surface area contributed by atoms with Crippen LogP contribution in [0.5, 0.6) is 5.75 Å². The Hall–Kier alpha value is -2.69. The highest BCUT2D eigenvalue weighted by Gasteiger charge is 2.10. The molecule has 0 atom stereocenters. The van der Waals surface area contributed by atoms with Gasteiger partial charge < -0.3 is 15.4 Å². The number of anilines is 2. The highest BCUT2D eigenvalue weighted by atomic mass is 35.5. The number of carbonyl (C=O) groups is 1. The zero-order valence-electron chi connectivity index (χ0n) is 15.3. The lowest BCUT2D eigenvalue weighted by molar-refractivity contribution is -0.114. The first-order chi connectivity index (χ1) is 13.5. The Balaban J connectivity index is 1.61. The van der Waals surface area contributed by atoms with Crippen molar-refractivity contribution in [1.82, 2.24) is 0 Å². The van der Waals surface area contributed by atoms with Gasteiger partial charge >= 0.3 is 0 Å². The monoisotopic (exact) mass is 414 g/mol. The van der Waals surface area contributed by atoms with Crippen LogP contribution in [-0.2, 0) is 17.9 Å². The van der Waals surface area contributed by atoms with Crippen molar-refractivity contribution in [3.63, 3.8) is 0 Å². The molecule has 0 aliphatic rings. The molecule has 0 unspecified atom stereocenters. The second kappa shape index (κ2) is 9.49. The number of ether oxygens (including phenoxy) is 1. The van der Waals surface area contributed by atoms with E-state index in [1.54, 1.807) is 0 Å². The molecule has 0 heterocycles. The van der Waals surface area contributed by atoms with E-state index < -0.39 is 0 Å². The largest absolute Gasteiger partial charge is 0.486 e. The molecule has 0 aromatic heterocycles. The third kappa shape index (κ3) is 5.65. The fraction of sp³-hybridized carbons (Fsp3) is 0.136. The fourth-order valence-electron chi connectivity index (χ4n) is 2.66. The summed E-state index contributed by atoms with van der Waals surface area (Å²) in [5.41, 5.74) is 3.66. The Morgan fingerprint density at radius 3 is 2.11 bits per heavy atom. The molecular weight excluding hydrogens is 395 g/mol. The van der Waals surface area contributed by atoms with Crippen molar-refractivity contribution in [2.75, 3.05) is 10.6 Å². The summed E-state index contributed by atoms with van der Waals surface area (Å²) in [4.78, 5) is 11.1. The zero-order valence-corrected chi connectivity index (χ0v) is 16.8. The van der Waals surface area contributed by atoms with Crippen LogP contribution in [0.4, 0.5) is 11.4 Å². The molecule has 28 heavy (non-hydrogen) atoms. The van der Waals surface area contributed by atoms with Crippen molar-refractivity contribution in [2.24, 2.45) is 0 Å². The van der Waals surface area contributed by atoms with Crippen molar-refractivity contribution in [3.8, 4) is 5.75 Å². The first kappa shape index (κ1) is 20.1. The van der Waals surface area contributed by atoms with Gasteiger partial charge in [-0.3, -0.25) is 4.79 Å². The van der Waals surface area contributed by atoms with E-state index in [1.807, 2.05) is 66.7 Å². The van der Waals surface area contributed by atoms with Gasteiger partial charge in [0.1, 0.15) is 6.61 Å². The molecule has 0 radical (unpaired) electrons. The van der Waals surface area contributed by atoms with Crippen LogP contribution < -0.4 is 15.4 Å². The first-order valence-electron chi connectivity index (χ1n) is 8.77. The van der Waals surface area contributed by atoms with Gasteiger partial charge in [-0.05, 0) is 47.5 Å². The van der Waals surface area contributed by atoms with Crippen molar-refractivity contribution >= 4 is 40.5 Å². The molecule has 0 aliphatic heterocycles. The molecule has 0 aliphatic carbocycles. The molecule has 0 bridgehead atoms. The summed E-state index contributed by atoms with van der Waals surface area (Å²) in [5, 5.41) is 6.98. The molecule has 0 spiro atoms. The zero-order chi connectivity index (χ0) is 19.9. The van der Waals surface area contributed by atoms with E-state index in [0.717, 1.165) is 22.5 Å². The number of nitrogens with one attached hydrogen (secondary N) is 2. The fourth-order valence-corrected chi connectivity index (χ4v) is 3.30. The Kier molecular flexibility index (Phi) is 6.80. The van der Waals surface area contributed by atoms with Gasteiger partial charge in [0, 0.05) is 24.8 Å². The van der Waals surface area contributed by atoms with E-state index in [0.29, 0.717) is 28.9 Å². The standard InChI is InChI=1S/C22H20Cl2N2O2/c1-15(27)26-19-9-7-18(8-10-19)25-13-17-11-20(23)22(21(24)12-17)28-14-16-5-3-2-4-6-16/h2-12,25H,13-14H2,1H3,(H,26,27). The number of amides is 1. The Morgan fingerprint density at radius 1 is 0.893 bits per heavy atom. The summed E-state index contributed by atoms with van der Waals surface area (Å²) >= 11 is 12.7. The van der Waals surface area contributed by atoms with Crippen molar-refractivity contribution in [2.45, 2.75) is 20.1 Å². The molecule has 3 aromatic rings. The maximum atomic E-state index is 11.1. The van der Waals surface area contributed by atoms with E-state index in [-0.39, 0.29) is 5.91 Å². The molecule has 6 heteroatoms. The Morgan fingerprint density at radius 2 is 1.50 bits per heavy atom. The maximum absolute atomic E-state index is 11.1. The minimum Gasteiger partial charge on any atom is -0.486 e. The molecule has 2 N–H and O–H groups in total. The third-order valence-corrected chi connectivity index (χ3v) is 4.55. The summed E-state index contributed by atoms with van der Waals surface area (Å²) in [5.74, 6) is 0.384. The molecule has 144 valence electrons. The van der Waals surface area contributed by atoms with Crippen LogP contribution >= 0.6 is 23.2 Å². The normalized spacial score (nSPS) is 10.4. The van der Waals surface area contributed by atoms with Gasteiger partial charge in [-0.1, -0.05) is 53.5 Å². The molecule has 1 amide bonds. The van der Waals surface area contributed by atoms with Gasteiger partial charge in [-0.25, -0.2) is 0 Å². The molecule has 0 saturated carbocycles. The third-order valence-electron chi connectivity index (χ3n) is 3.99. The molecular formula is C22H20Cl2N2O2. The minimum absolute atomic E-state index is 0.0976. The van der Waals surface area contributed by atoms with E-state index >= 15 is 0 Å². The predicted molar refractivity (Wildman–Crippen MR) is 115 cm³/mol. The topological polar surface area (TPSA) is 50.4 Å². The van der Waals surface area contributed by atoms with Crippen LogP contribution in [0.15, 0.2) is 66.7 Å². The van der Waals surface area contributed by atoms with E-state index in [4.69, 9.17) is 27.9 Å². The predicted octanol–water partition coefficient (Wildman–Crippen LogP) is 6.14. The number of carbonyl (C=O) groups excluding carboxylic acids is 1. The van der Waals surface area contributed by atoms with Crippen molar-refractivity contribution in [1.29, 1.82) is 0 Å². The number of halogens is 2. The quantitative estimate of drug-likeness (QED) is 0.487. The van der Waals surface area contributed by atoms with Gasteiger partial charge in [0.15, 0.2) is 5.75 Å². The summed E-state index contributed by atoms with van der Waals surface area (Å²) < 4.78 is 5.80. The minimum atomic E-state index is -0.0976. The number of rotatable bonds is 7. The maximum Gasteiger partial charge on any atom is 0.221 e. The molecule has 3 rings (SSSR count). The van der Waals surface area contributed by atoms with Gasteiger partial charge in [-0.2, -0.15) is 0 Å². The SMILES string of the molecule is CC(=O)Nc1ccc(NCc2cc(Cl)c(OCc3ccccc3)c(Cl)c2)cc1. The lowest BCUT2D eigenvalue weighted by atomic mass is 10.2. The molecule has 3 aromatic carbocycles. The number of hydrogen-bond acceptors (Lipinski definition) is 3. The molecule has 0 saturated heterocycles. The van der Waals surface area contributed by atoms with Crippen LogP contribution in [0.3, 0.4) is 0 Å². The lowest BCUT2D eigenvalue weighted by Crippen LogP contribution is -2.06. The Bertz CT molecular complexity index is 922. The molecule has 0 fully saturated rings. The average Bonchev–Trinajstić information content (AvgIpc) is 2.67. The highest BCUT2D eigenvalue weighted by molar-refractivity contribution is 6.37. The molecule has 4 nitrogen and oxygen atoms in total. The lowest BCUT2D eigenvalue weighted by Gasteiger charge is -2.13. The summed E-state index contributed by atoms with van der Waals surface area (Å²) in [6, 6.07) is 21.0. The number of hydrogen-bond donors (Lipinski definition) is 2. The van der Waals surface area contributed by atoms with E-state index in [9.17, 15) is 4.79 Å². The van der Waals surface area contributed by atoms with Crippen LogP contribution in [0.1, 0.15) is 18.1 Å². The second-order valence-corrected chi connectivity index (χ2v) is 7.09. The first-order valence-corrected chi connectivity index (χ1v) is 9.53. The van der Waals surface area contributed by atoms with Crippen LogP contribution in [0.25, 0.3) is 0 Å². The van der Waals surface area contributed by atoms with Gasteiger partial charge in [-0.15, -0.1) is 0 Å². The van der Waals surface area contributed by atoms with Crippen LogP contribution in [0, 0.1) is 0 Å². The summed E-state index contributed by atoms with van der Waals surface area (Å²) in [6.45, 7) is 2.43. The second-order valence-electron chi connectivity index (χ2n) is 6.27. The average molecular weight is 415 g/mol. The van der Waals surface area contributed by atoms with Crippen molar-refractivity contribution in [3.05, 3.63) is 87.9 Å². The number of benzene rings is 3. The summed E-state index contributed by atoms with van der Waals surface area (Å²) in [7, 11) is 0. The van der Waals surface area contributed by atoms with Gasteiger partial charge in [0.2, 0.25) is 5.91 Å². The summed E-state index contributed by atoms with van der Waals surface area (Å²) in [6.07, 6.45) is 0. The van der Waals surface area contributed by atoms with Crippen LogP contribution in [-0.4, -0.2) is 5.91 Å². The highest BCUT2D eigenvalue weighted by Crippen LogP contribution is 2.35. The smallest absolute Gasteiger partial charge is 0.221 e. The van der Waals surface area contributed by atoms with Crippen LogP contribution in [0.2, 0.25) is 10.0 Å². The van der Waals surface area contributed by atoms with Gasteiger partial charge in [0.05, 0.1) is 10.0 Å². The van der Waals surface area contributed by atoms with E-state index in [2.05, 4.69) is 10.6 Å². The van der Waals surface area contributed by atoms with Gasteiger partial charge in [0.25, 0.3) is 0 Å².